The summed E-state index contributed by atoms with van der Waals surface area (Å²) < 4.78 is 5.00. The number of para-hydroxylation sites is 2. The van der Waals surface area contributed by atoms with Crippen LogP contribution in [0.25, 0.3) is 0 Å². The lowest BCUT2D eigenvalue weighted by Gasteiger charge is -2.23. The predicted molar refractivity (Wildman–Crippen MR) is 177 cm³/mol. The highest BCUT2D eigenvalue weighted by atomic mass is 16.5. The van der Waals surface area contributed by atoms with Crippen LogP contribution in [0.1, 0.15) is 59.2 Å². The van der Waals surface area contributed by atoms with Crippen molar-refractivity contribution in [2.24, 2.45) is 11.5 Å². The molecule has 0 fully saturated rings. The molecule has 0 saturated carbocycles. The number of phenols is 4. The molecule has 0 spiro atoms. The van der Waals surface area contributed by atoms with E-state index in [1.54, 1.807) is 0 Å². The number of hydrogen-bond acceptors (Lipinski definition) is 14. The van der Waals surface area contributed by atoms with Gasteiger partial charge in [-0.1, -0.05) is 12.1 Å². The van der Waals surface area contributed by atoms with Crippen molar-refractivity contribution in [2.45, 2.75) is 62.7 Å². The number of aliphatic carboxylic acids is 1. The number of aliphatic hydroxyl groups is 1. The number of carbonyl (C=O) groups is 6. The zero-order valence-electron chi connectivity index (χ0n) is 27.5. The van der Waals surface area contributed by atoms with E-state index in [4.69, 9.17) is 16.2 Å². The van der Waals surface area contributed by atoms with Gasteiger partial charge in [0.2, 0.25) is 11.8 Å². The van der Waals surface area contributed by atoms with E-state index in [-0.39, 0.29) is 37.1 Å². The van der Waals surface area contributed by atoms with Crippen LogP contribution >= 0.6 is 0 Å². The van der Waals surface area contributed by atoms with Crippen molar-refractivity contribution in [1.29, 1.82) is 0 Å². The Hall–Kier alpha value is -5.66. The molecule has 0 radical (unpaired) electrons. The first-order chi connectivity index (χ1) is 24.2. The maximum absolute atomic E-state index is 13.1. The Bertz CT molecular complexity index is 1540. The van der Waals surface area contributed by atoms with E-state index in [9.17, 15) is 59.4 Å². The van der Waals surface area contributed by atoms with Crippen LogP contribution in [0.15, 0.2) is 36.4 Å². The number of aromatic hydroxyl groups is 4. The topological polar surface area (TPSA) is 333 Å². The molecule has 0 heterocycles. The van der Waals surface area contributed by atoms with E-state index in [1.165, 1.54) is 24.3 Å². The second-order valence-electron chi connectivity index (χ2n) is 11.2. The van der Waals surface area contributed by atoms with Gasteiger partial charge in [-0.15, -0.1) is 0 Å². The molecule has 0 aliphatic carbocycles. The minimum Gasteiger partial charge on any atom is -0.504 e. The van der Waals surface area contributed by atoms with Crippen molar-refractivity contribution in [3.63, 3.8) is 0 Å². The number of carboxylic acid groups (broad SMARTS) is 1. The molecule has 280 valence electrons. The van der Waals surface area contributed by atoms with Gasteiger partial charge in [0, 0.05) is 0 Å². The Morgan fingerprint density at radius 1 is 0.627 bits per heavy atom. The molecule has 2 aromatic rings. The number of amides is 4. The van der Waals surface area contributed by atoms with Crippen molar-refractivity contribution in [3.8, 4) is 23.0 Å². The largest absolute Gasteiger partial charge is 0.504 e. The molecule has 0 saturated heterocycles. The average Bonchev–Trinajstić information content (AvgIpc) is 3.09. The molecule has 19 nitrogen and oxygen atoms in total. The lowest BCUT2D eigenvalue weighted by atomic mass is 10.1. The quantitative estimate of drug-likeness (QED) is 0.0387. The van der Waals surface area contributed by atoms with Crippen molar-refractivity contribution < 1.29 is 64.1 Å². The van der Waals surface area contributed by atoms with Gasteiger partial charge in [-0.2, -0.15) is 0 Å². The summed E-state index contributed by atoms with van der Waals surface area (Å²) in [6.45, 7) is -1.46. The monoisotopic (exact) mass is 720 g/mol. The summed E-state index contributed by atoms with van der Waals surface area (Å²) in [5.41, 5.74) is 10.3. The number of carboxylic acids is 1. The van der Waals surface area contributed by atoms with Gasteiger partial charge in [-0.25, -0.2) is 9.59 Å². The fourth-order valence-electron chi connectivity index (χ4n) is 4.59. The SMILES string of the molecule is NCCCC[C@@H](NC(=O)c1cccc(O)c1O)C(=O)N[C@@H](COC(=O)[C@H](CO)NC(=O)[C@@H](CCCCN)NC(=O)c1cccc(O)c1O)C(=O)O. The number of hydrogen-bond donors (Lipinski definition) is 12. The Kier molecular flexibility index (Phi) is 16.9. The normalized spacial score (nSPS) is 13.2. The van der Waals surface area contributed by atoms with E-state index >= 15 is 0 Å². The minimum absolute atomic E-state index is 0.00681. The number of rotatable bonds is 21. The highest BCUT2D eigenvalue weighted by Gasteiger charge is 2.32. The molecule has 2 rings (SSSR count). The zero-order valence-corrected chi connectivity index (χ0v) is 27.5. The Morgan fingerprint density at radius 2 is 1.06 bits per heavy atom. The number of unbranched alkanes of at least 4 members (excludes halogenated alkanes) is 2. The molecule has 0 bridgehead atoms. The van der Waals surface area contributed by atoms with Crippen LogP contribution in [0.2, 0.25) is 0 Å². The Balaban J connectivity index is 2.11. The fourth-order valence-corrected chi connectivity index (χ4v) is 4.59. The van der Waals surface area contributed by atoms with Gasteiger partial charge in [0.05, 0.1) is 17.7 Å². The maximum atomic E-state index is 13.1. The highest BCUT2D eigenvalue weighted by Crippen LogP contribution is 2.29. The molecule has 19 heteroatoms. The smallest absolute Gasteiger partial charge is 0.331 e. The summed E-state index contributed by atoms with van der Waals surface area (Å²) in [7, 11) is 0. The van der Waals surface area contributed by atoms with Crippen LogP contribution in [0.3, 0.4) is 0 Å². The van der Waals surface area contributed by atoms with Crippen LogP contribution < -0.4 is 32.7 Å². The number of phenolic OH excluding ortho intramolecular Hbond substituents is 4. The second kappa shape index (κ2) is 20.8. The number of esters is 1. The van der Waals surface area contributed by atoms with Crippen molar-refractivity contribution in [3.05, 3.63) is 47.5 Å². The van der Waals surface area contributed by atoms with Crippen molar-refractivity contribution in [2.75, 3.05) is 26.3 Å². The predicted octanol–water partition coefficient (Wildman–Crippen LogP) is -1.75. The molecule has 51 heavy (non-hydrogen) atoms. The van der Waals surface area contributed by atoms with Gasteiger partial charge in [0.25, 0.3) is 11.8 Å². The number of carbonyl (C=O) groups excluding carboxylic acids is 5. The molecule has 0 aliphatic heterocycles. The Labute approximate surface area is 292 Å². The molecule has 0 aromatic heterocycles. The molecule has 0 unspecified atom stereocenters. The summed E-state index contributed by atoms with van der Waals surface area (Å²) in [5, 5.41) is 68.2. The summed E-state index contributed by atoms with van der Waals surface area (Å²) in [6, 6.07) is 0.959. The van der Waals surface area contributed by atoms with E-state index in [2.05, 4.69) is 21.3 Å². The minimum atomic E-state index is -1.86. The maximum Gasteiger partial charge on any atom is 0.331 e. The third-order valence-corrected chi connectivity index (χ3v) is 7.45. The molecular formula is C32H44N6O13. The Morgan fingerprint density at radius 3 is 1.45 bits per heavy atom. The van der Waals surface area contributed by atoms with Crippen LogP contribution in [0.5, 0.6) is 23.0 Å². The first kappa shape index (κ1) is 41.5. The molecule has 0 aliphatic rings. The lowest BCUT2D eigenvalue weighted by molar-refractivity contribution is -0.154. The summed E-state index contributed by atoms with van der Waals surface area (Å²) in [5.74, 6) is -9.40. The zero-order chi connectivity index (χ0) is 38.1. The number of nitrogens with two attached hydrogens (primary N) is 2. The number of ether oxygens (including phenoxy) is 1. The van der Waals surface area contributed by atoms with Crippen molar-refractivity contribution >= 4 is 35.6 Å². The van der Waals surface area contributed by atoms with E-state index in [0.717, 1.165) is 12.1 Å². The summed E-state index contributed by atoms with van der Waals surface area (Å²) in [6.07, 6.45) is 1.59. The molecule has 14 N–H and O–H groups in total. The summed E-state index contributed by atoms with van der Waals surface area (Å²) >= 11 is 0. The van der Waals surface area contributed by atoms with Gasteiger partial charge in [-0.05, 0) is 75.9 Å². The van der Waals surface area contributed by atoms with E-state index < -0.39 is 95.9 Å². The summed E-state index contributed by atoms with van der Waals surface area (Å²) in [4.78, 5) is 76.6. The number of aliphatic hydroxyl groups excluding tert-OH is 1. The molecular weight excluding hydrogens is 676 g/mol. The second-order valence-corrected chi connectivity index (χ2v) is 11.2. The van der Waals surface area contributed by atoms with Gasteiger partial charge in [-0.3, -0.25) is 19.2 Å². The number of nitrogens with one attached hydrogen (secondary N) is 4. The van der Waals surface area contributed by atoms with Gasteiger partial charge >= 0.3 is 11.9 Å². The molecule has 4 amide bonds. The van der Waals surface area contributed by atoms with Gasteiger partial charge in [0.1, 0.15) is 18.7 Å². The third-order valence-electron chi connectivity index (χ3n) is 7.45. The first-order valence-corrected chi connectivity index (χ1v) is 15.9. The van der Waals surface area contributed by atoms with Crippen molar-refractivity contribution in [1.82, 2.24) is 21.3 Å². The fraction of sp³-hybridized carbons (Fsp3) is 0.438. The van der Waals surface area contributed by atoms with E-state index in [0.29, 0.717) is 25.7 Å². The third kappa shape index (κ3) is 12.6. The van der Waals surface area contributed by atoms with Crippen LogP contribution in [0.4, 0.5) is 0 Å². The standard InChI is InChI=1S/C32H44N6O13/c33-13-3-1-9-19(35-27(44)17-7-5-11-23(40)25(17)42)29(46)37-21(15-39)32(50)51-16-22(31(48)49)38-30(47)20(10-2-4-14-34)36-28(45)18-8-6-12-24(41)26(18)43/h5-8,11-12,19-22,39-43H,1-4,9-10,13-16,33-34H2,(H,35,44)(H,36,45)(H,37,46)(H,38,47)(H,48,49)/t19-,20-,21+,22+/m1/s1. The van der Waals surface area contributed by atoms with Crippen LogP contribution in [0, 0.1) is 0 Å². The van der Waals surface area contributed by atoms with Crippen LogP contribution in [-0.4, -0.2) is 117 Å². The van der Waals surface area contributed by atoms with Gasteiger partial charge in [0.15, 0.2) is 35.1 Å². The van der Waals surface area contributed by atoms with Gasteiger partial charge < -0.3 is 68.1 Å². The molecule has 2 aromatic carbocycles. The molecule has 4 atom stereocenters. The average molecular weight is 721 g/mol. The van der Waals surface area contributed by atoms with Crippen LogP contribution in [-0.2, 0) is 23.9 Å². The first-order valence-electron chi connectivity index (χ1n) is 15.9. The number of benzene rings is 2. The lowest BCUT2D eigenvalue weighted by Crippen LogP contribution is -2.55. The highest BCUT2D eigenvalue weighted by molar-refractivity contribution is 6.01. The van der Waals surface area contributed by atoms with E-state index in [1.807, 2.05) is 0 Å².